The molecule has 3 N–H and O–H groups in total. The molecule has 1 aliphatic rings. The molecule has 2 rings (SSSR count). The molecule has 0 radical (unpaired) electrons. The van der Waals surface area contributed by atoms with Crippen molar-refractivity contribution in [3.05, 3.63) is 18.2 Å². The van der Waals surface area contributed by atoms with Crippen LogP contribution in [0.1, 0.15) is 25.7 Å². The van der Waals surface area contributed by atoms with Crippen molar-refractivity contribution in [1.29, 1.82) is 0 Å². The standard InChI is InChI=1S/C16H22N2O5/c1-22-11-5-6-13(23-2)12(9-11)18-15(20)14(19)17-10-16(21)7-3-4-8-16/h5-6,9,21H,3-4,7-8,10H2,1-2H3,(H,17,19)(H,18,20). The molecular formula is C16H22N2O5. The van der Waals surface area contributed by atoms with E-state index >= 15 is 0 Å². The first kappa shape index (κ1) is 17.1. The molecule has 126 valence electrons. The highest BCUT2D eigenvalue weighted by Crippen LogP contribution is 2.29. The summed E-state index contributed by atoms with van der Waals surface area (Å²) in [7, 11) is 2.97. The zero-order chi connectivity index (χ0) is 16.9. The van der Waals surface area contributed by atoms with Crippen LogP contribution in [0, 0.1) is 0 Å². The molecule has 1 aromatic carbocycles. The summed E-state index contributed by atoms with van der Waals surface area (Å²) in [6.45, 7) is 0.0779. The fourth-order valence-corrected chi connectivity index (χ4v) is 2.63. The number of aliphatic hydroxyl groups is 1. The van der Waals surface area contributed by atoms with Crippen LogP contribution < -0.4 is 20.1 Å². The highest BCUT2D eigenvalue weighted by atomic mass is 16.5. The summed E-state index contributed by atoms with van der Waals surface area (Å²) in [4.78, 5) is 23.9. The molecule has 0 unspecified atom stereocenters. The molecule has 1 saturated carbocycles. The summed E-state index contributed by atoms with van der Waals surface area (Å²) in [5.41, 5.74) is -0.560. The van der Waals surface area contributed by atoms with Gasteiger partial charge in [-0.05, 0) is 25.0 Å². The van der Waals surface area contributed by atoms with Gasteiger partial charge in [0.15, 0.2) is 0 Å². The molecule has 0 heterocycles. The van der Waals surface area contributed by atoms with Crippen molar-refractivity contribution in [2.75, 3.05) is 26.1 Å². The first-order valence-electron chi connectivity index (χ1n) is 7.51. The van der Waals surface area contributed by atoms with Gasteiger partial charge in [-0.2, -0.15) is 0 Å². The minimum atomic E-state index is -0.899. The molecular weight excluding hydrogens is 300 g/mol. The maximum Gasteiger partial charge on any atom is 0.313 e. The van der Waals surface area contributed by atoms with Crippen LogP contribution in [0.15, 0.2) is 18.2 Å². The van der Waals surface area contributed by atoms with Crippen molar-refractivity contribution in [2.24, 2.45) is 0 Å². The highest BCUT2D eigenvalue weighted by molar-refractivity contribution is 6.39. The Hall–Kier alpha value is -2.28. The van der Waals surface area contributed by atoms with Crippen molar-refractivity contribution < 1.29 is 24.2 Å². The smallest absolute Gasteiger partial charge is 0.313 e. The topological polar surface area (TPSA) is 96.9 Å². The molecule has 0 atom stereocenters. The minimum absolute atomic E-state index is 0.0779. The van der Waals surface area contributed by atoms with E-state index < -0.39 is 17.4 Å². The van der Waals surface area contributed by atoms with Gasteiger partial charge < -0.3 is 25.2 Å². The van der Waals surface area contributed by atoms with E-state index in [4.69, 9.17) is 9.47 Å². The molecule has 0 spiro atoms. The summed E-state index contributed by atoms with van der Waals surface area (Å²) in [6.07, 6.45) is 3.14. The van der Waals surface area contributed by atoms with Gasteiger partial charge in [0.25, 0.3) is 0 Å². The third-order valence-corrected chi connectivity index (χ3v) is 3.97. The Bertz CT molecular complexity index is 582. The van der Waals surface area contributed by atoms with Crippen LogP contribution in [0.25, 0.3) is 0 Å². The van der Waals surface area contributed by atoms with Gasteiger partial charge in [-0.15, -0.1) is 0 Å². The van der Waals surface area contributed by atoms with Gasteiger partial charge in [0.1, 0.15) is 11.5 Å². The summed E-state index contributed by atoms with van der Waals surface area (Å²) in [6, 6.07) is 4.88. The summed E-state index contributed by atoms with van der Waals surface area (Å²) >= 11 is 0. The van der Waals surface area contributed by atoms with E-state index in [2.05, 4.69) is 10.6 Å². The van der Waals surface area contributed by atoms with Crippen LogP contribution in [0.5, 0.6) is 11.5 Å². The molecule has 0 aromatic heterocycles. The average Bonchev–Trinajstić information content (AvgIpc) is 2.99. The maximum absolute atomic E-state index is 12.0. The number of anilines is 1. The second kappa shape index (κ2) is 7.32. The molecule has 23 heavy (non-hydrogen) atoms. The Kier molecular flexibility index (Phi) is 5.44. The van der Waals surface area contributed by atoms with Gasteiger partial charge in [-0.3, -0.25) is 9.59 Å². The Morgan fingerprint density at radius 2 is 1.87 bits per heavy atom. The Labute approximate surface area is 135 Å². The molecule has 0 aliphatic heterocycles. The van der Waals surface area contributed by atoms with Crippen molar-refractivity contribution in [1.82, 2.24) is 5.32 Å². The quantitative estimate of drug-likeness (QED) is 0.705. The van der Waals surface area contributed by atoms with E-state index in [0.29, 0.717) is 30.0 Å². The van der Waals surface area contributed by atoms with E-state index in [1.807, 2.05) is 0 Å². The third kappa shape index (κ3) is 4.35. The number of hydrogen-bond acceptors (Lipinski definition) is 5. The first-order chi connectivity index (χ1) is 11.0. The SMILES string of the molecule is COc1ccc(OC)c(NC(=O)C(=O)NCC2(O)CCCC2)c1. The predicted molar refractivity (Wildman–Crippen MR) is 84.6 cm³/mol. The van der Waals surface area contributed by atoms with Crippen molar-refractivity contribution >= 4 is 17.5 Å². The second-order valence-corrected chi connectivity index (χ2v) is 5.63. The Morgan fingerprint density at radius 1 is 1.17 bits per heavy atom. The lowest BCUT2D eigenvalue weighted by atomic mass is 10.0. The van der Waals surface area contributed by atoms with Crippen LogP contribution >= 0.6 is 0 Å². The van der Waals surface area contributed by atoms with Crippen LogP contribution in [-0.4, -0.2) is 43.3 Å². The van der Waals surface area contributed by atoms with E-state index in [0.717, 1.165) is 12.8 Å². The van der Waals surface area contributed by atoms with E-state index in [9.17, 15) is 14.7 Å². The number of carbonyl (C=O) groups is 2. The van der Waals surface area contributed by atoms with Crippen LogP contribution in [-0.2, 0) is 9.59 Å². The number of nitrogens with one attached hydrogen (secondary N) is 2. The lowest BCUT2D eigenvalue weighted by Gasteiger charge is -2.22. The second-order valence-electron chi connectivity index (χ2n) is 5.63. The number of amides is 2. The number of benzene rings is 1. The minimum Gasteiger partial charge on any atom is -0.497 e. The lowest BCUT2D eigenvalue weighted by Crippen LogP contribution is -2.44. The summed E-state index contributed by atoms with van der Waals surface area (Å²) in [5.74, 6) is -0.670. The van der Waals surface area contributed by atoms with Crippen molar-refractivity contribution in [3.8, 4) is 11.5 Å². The summed E-state index contributed by atoms with van der Waals surface area (Å²) < 4.78 is 10.2. The predicted octanol–water partition coefficient (Wildman–Crippen LogP) is 1.06. The van der Waals surface area contributed by atoms with Gasteiger partial charge in [0.05, 0.1) is 25.5 Å². The molecule has 2 amide bonds. The average molecular weight is 322 g/mol. The highest BCUT2D eigenvalue weighted by Gasteiger charge is 2.32. The van der Waals surface area contributed by atoms with Gasteiger partial charge in [0, 0.05) is 12.6 Å². The van der Waals surface area contributed by atoms with Gasteiger partial charge in [-0.25, -0.2) is 0 Å². The fourth-order valence-electron chi connectivity index (χ4n) is 2.63. The van der Waals surface area contributed by atoms with Gasteiger partial charge in [0.2, 0.25) is 0 Å². The third-order valence-electron chi connectivity index (χ3n) is 3.97. The summed E-state index contributed by atoms with van der Waals surface area (Å²) in [5, 5.41) is 15.1. The monoisotopic (exact) mass is 322 g/mol. The van der Waals surface area contributed by atoms with E-state index in [1.165, 1.54) is 14.2 Å². The first-order valence-corrected chi connectivity index (χ1v) is 7.51. The zero-order valence-corrected chi connectivity index (χ0v) is 13.3. The van der Waals surface area contributed by atoms with Gasteiger partial charge in [-0.1, -0.05) is 12.8 Å². The maximum atomic E-state index is 12.0. The number of carbonyl (C=O) groups excluding carboxylic acids is 2. The fraction of sp³-hybridized carbons (Fsp3) is 0.500. The largest absolute Gasteiger partial charge is 0.497 e. The molecule has 1 aliphatic carbocycles. The van der Waals surface area contributed by atoms with Crippen molar-refractivity contribution in [3.63, 3.8) is 0 Å². The number of hydrogen-bond donors (Lipinski definition) is 3. The molecule has 1 fully saturated rings. The number of ether oxygens (including phenoxy) is 2. The lowest BCUT2D eigenvalue weighted by molar-refractivity contribution is -0.136. The Morgan fingerprint density at radius 3 is 2.48 bits per heavy atom. The van der Waals surface area contributed by atoms with Crippen molar-refractivity contribution in [2.45, 2.75) is 31.3 Å². The van der Waals surface area contributed by atoms with E-state index in [-0.39, 0.29) is 6.54 Å². The normalized spacial score (nSPS) is 15.8. The molecule has 0 bridgehead atoms. The molecule has 7 heteroatoms. The van der Waals surface area contributed by atoms with Crippen LogP contribution in [0.3, 0.4) is 0 Å². The Balaban J connectivity index is 1.96. The molecule has 1 aromatic rings. The molecule has 0 saturated heterocycles. The number of methoxy groups -OCH3 is 2. The number of rotatable bonds is 5. The van der Waals surface area contributed by atoms with Crippen LogP contribution in [0.2, 0.25) is 0 Å². The van der Waals surface area contributed by atoms with E-state index in [1.54, 1.807) is 18.2 Å². The van der Waals surface area contributed by atoms with Gasteiger partial charge >= 0.3 is 11.8 Å². The van der Waals surface area contributed by atoms with Crippen LogP contribution in [0.4, 0.5) is 5.69 Å². The zero-order valence-electron chi connectivity index (χ0n) is 13.3. The molecule has 7 nitrogen and oxygen atoms in total.